The van der Waals surface area contributed by atoms with Crippen LogP contribution in [0.4, 0.5) is 0 Å². The highest BCUT2D eigenvalue weighted by atomic mass is 16.5. The zero-order valence-corrected chi connectivity index (χ0v) is 10.4. The van der Waals surface area contributed by atoms with Crippen molar-refractivity contribution in [2.75, 3.05) is 13.1 Å². The Balaban J connectivity index is 2.09. The summed E-state index contributed by atoms with van der Waals surface area (Å²) in [5.74, 6) is 1.02. The lowest BCUT2D eigenvalue weighted by molar-refractivity contribution is 0.161. The van der Waals surface area contributed by atoms with Gasteiger partial charge in [0.2, 0.25) is 0 Å². The molecule has 2 rings (SSSR count). The van der Waals surface area contributed by atoms with Gasteiger partial charge in [0.1, 0.15) is 11.9 Å². The minimum atomic E-state index is 0.360. The van der Waals surface area contributed by atoms with Crippen LogP contribution in [0, 0.1) is 20.8 Å². The Bertz CT molecular complexity index is 344. The maximum Gasteiger partial charge on any atom is 0.120 e. The molecule has 0 N–H and O–H groups in total. The van der Waals surface area contributed by atoms with E-state index < -0.39 is 0 Å². The SMILES string of the molecule is Cc1cc(OC2CC[N]CC2)cc(C)c1C. The van der Waals surface area contributed by atoms with Crippen LogP contribution in [0.25, 0.3) is 0 Å². The highest BCUT2D eigenvalue weighted by Crippen LogP contribution is 2.23. The first-order chi connectivity index (χ1) is 7.66. The molecule has 0 aromatic heterocycles. The van der Waals surface area contributed by atoms with Crippen molar-refractivity contribution in [1.82, 2.24) is 5.32 Å². The number of aryl methyl sites for hydroxylation is 2. The standard InChI is InChI=1S/C14H20NO/c1-10-8-14(9-11(2)12(10)3)16-13-4-6-15-7-5-13/h8-9,13H,4-7H2,1-3H3. The molecule has 1 aromatic carbocycles. The van der Waals surface area contributed by atoms with Gasteiger partial charge in [-0.05, 0) is 62.4 Å². The van der Waals surface area contributed by atoms with Crippen LogP contribution in [0.15, 0.2) is 12.1 Å². The van der Waals surface area contributed by atoms with Gasteiger partial charge in [0.05, 0.1) is 0 Å². The van der Waals surface area contributed by atoms with Gasteiger partial charge in [-0.2, -0.15) is 0 Å². The van der Waals surface area contributed by atoms with E-state index in [9.17, 15) is 0 Å². The Morgan fingerprint density at radius 1 is 1.06 bits per heavy atom. The summed E-state index contributed by atoms with van der Waals surface area (Å²) >= 11 is 0. The molecule has 1 saturated heterocycles. The van der Waals surface area contributed by atoms with E-state index in [1.165, 1.54) is 16.7 Å². The molecule has 1 aliphatic rings. The van der Waals surface area contributed by atoms with Crippen LogP contribution in [0.1, 0.15) is 29.5 Å². The predicted molar refractivity (Wildman–Crippen MR) is 66.2 cm³/mol. The Kier molecular flexibility index (Phi) is 3.49. The van der Waals surface area contributed by atoms with E-state index in [4.69, 9.17) is 4.74 Å². The monoisotopic (exact) mass is 218 g/mol. The summed E-state index contributed by atoms with van der Waals surface area (Å²) in [6.07, 6.45) is 2.48. The maximum atomic E-state index is 6.01. The molecule has 16 heavy (non-hydrogen) atoms. The van der Waals surface area contributed by atoms with Crippen molar-refractivity contribution in [3.63, 3.8) is 0 Å². The normalized spacial score (nSPS) is 17.4. The van der Waals surface area contributed by atoms with E-state index in [1.807, 2.05) is 0 Å². The molecule has 1 heterocycles. The molecule has 0 bridgehead atoms. The third-order valence-electron chi connectivity index (χ3n) is 3.42. The van der Waals surface area contributed by atoms with Crippen LogP contribution >= 0.6 is 0 Å². The van der Waals surface area contributed by atoms with Gasteiger partial charge in [-0.15, -0.1) is 0 Å². The van der Waals surface area contributed by atoms with Crippen LogP contribution in [0.3, 0.4) is 0 Å². The Labute approximate surface area is 98.0 Å². The third-order valence-corrected chi connectivity index (χ3v) is 3.42. The molecule has 87 valence electrons. The van der Waals surface area contributed by atoms with E-state index in [0.29, 0.717) is 6.10 Å². The minimum absolute atomic E-state index is 0.360. The molecule has 1 radical (unpaired) electrons. The number of rotatable bonds is 2. The quantitative estimate of drug-likeness (QED) is 0.748. The summed E-state index contributed by atoms with van der Waals surface area (Å²) in [6.45, 7) is 8.35. The van der Waals surface area contributed by atoms with Gasteiger partial charge in [0.25, 0.3) is 0 Å². The molecule has 1 aromatic rings. The molecule has 0 spiro atoms. The van der Waals surface area contributed by atoms with Gasteiger partial charge < -0.3 is 4.74 Å². The van der Waals surface area contributed by atoms with Gasteiger partial charge in [-0.25, -0.2) is 5.32 Å². The molecule has 1 aliphatic heterocycles. The second kappa shape index (κ2) is 4.88. The van der Waals surface area contributed by atoms with Crippen LogP contribution in [0.2, 0.25) is 0 Å². The summed E-state index contributed by atoms with van der Waals surface area (Å²) in [4.78, 5) is 0. The maximum absolute atomic E-state index is 6.01. The average Bonchev–Trinajstić information content (AvgIpc) is 2.27. The lowest BCUT2D eigenvalue weighted by Crippen LogP contribution is -2.30. The zero-order chi connectivity index (χ0) is 11.5. The van der Waals surface area contributed by atoms with Gasteiger partial charge in [0.15, 0.2) is 0 Å². The smallest absolute Gasteiger partial charge is 0.120 e. The molecule has 0 amide bonds. The Morgan fingerprint density at radius 2 is 1.62 bits per heavy atom. The number of nitrogens with zero attached hydrogens (tertiary/aromatic N) is 1. The van der Waals surface area contributed by atoms with Crippen molar-refractivity contribution in [1.29, 1.82) is 0 Å². The predicted octanol–water partition coefficient (Wildman–Crippen LogP) is 2.76. The second-order valence-corrected chi connectivity index (χ2v) is 4.67. The Hall–Kier alpha value is -1.02. The molecule has 2 heteroatoms. The summed E-state index contributed by atoms with van der Waals surface area (Å²) in [5, 5.41) is 4.34. The zero-order valence-electron chi connectivity index (χ0n) is 10.4. The molecule has 0 atom stereocenters. The number of hydrogen-bond donors (Lipinski definition) is 0. The van der Waals surface area contributed by atoms with Crippen molar-refractivity contribution in [3.05, 3.63) is 28.8 Å². The van der Waals surface area contributed by atoms with Gasteiger partial charge in [-0.3, -0.25) is 0 Å². The largest absolute Gasteiger partial charge is 0.490 e. The van der Waals surface area contributed by atoms with Crippen molar-refractivity contribution < 1.29 is 4.74 Å². The van der Waals surface area contributed by atoms with Crippen LogP contribution in [-0.2, 0) is 0 Å². The minimum Gasteiger partial charge on any atom is -0.490 e. The number of benzene rings is 1. The topological polar surface area (TPSA) is 23.3 Å². The number of piperidine rings is 1. The molecule has 0 unspecified atom stereocenters. The molecule has 1 fully saturated rings. The fraction of sp³-hybridized carbons (Fsp3) is 0.571. The van der Waals surface area contributed by atoms with Crippen LogP contribution in [0.5, 0.6) is 5.75 Å². The highest BCUT2D eigenvalue weighted by Gasteiger charge is 2.15. The molecular weight excluding hydrogens is 198 g/mol. The first-order valence-electron chi connectivity index (χ1n) is 6.04. The van der Waals surface area contributed by atoms with E-state index in [0.717, 1.165) is 31.7 Å². The lowest BCUT2D eigenvalue weighted by atomic mass is 10.0. The fourth-order valence-electron chi connectivity index (χ4n) is 2.10. The van der Waals surface area contributed by atoms with E-state index in [2.05, 4.69) is 38.2 Å². The molecule has 0 aliphatic carbocycles. The highest BCUT2D eigenvalue weighted by molar-refractivity contribution is 5.40. The van der Waals surface area contributed by atoms with Crippen LogP contribution in [-0.4, -0.2) is 19.2 Å². The molecule has 0 saturated carbocycles. The van der Waals surface area contributed by atoms with Gasteiger partial charge in [0, 0.05) is 13.1 Å². The first kappa shape index (κ1) is 11.5. The van der Waals surface area contributed by atoms with E-state index >= 15 is 0 Å². The van der Waals surface area contributed by atoms with Crippen molar-refractivity contribution in [2.45, 2.75) is 39.7 Å². The summed E-state index contributed by atoms with van der Waals surface area (Å²) in [5.41, 5.74) is 4.00. The number of hydrogen-bond acceptors (Lipinski definition) is 1. The summed E-state index contributed by atoms with van der Waals surface area (Å²) in [7, 11) is 0. The van der Waals surface area contributed by atoms with E-state index in [1.54, 1.807) is 0 Å². The van der Waals surface area contributed by atoms with Gasteiger partial charge in [-0.1, -0.05) is 0 Å². The second-order valence-electron chi connectivity index (χ2n) is 4.67. The first-order valence-corrected chi connectivity index (χ1v) is 6.04. The number of ether oxygens (including phenoxy) is 1. The lowest BCUT2D eigenvalue weighted by Gasteiger charge is -2.23. The van der Waals surface area contributed by atoms with Crippen molar-refractivity contribution in [2.24, 2.45) is 0 Å². The Morgan fingerprint density at radius 3 is 2.19 bits per heavy atom. The third kappa shape index (κ3) is 2.56. The van der Waals surface area contributed by atoms with E-state index in [-0.39, 0.29) is 0 Å². The fourth-order valence-corrected chi connectivity index (χ4v) is 2.10. The molecular formula is C14H20NO. The van der Waals surface area contributed by atoms with Gasteiger partial charge >= 0.3 is 0 Å². The van der Waals surface area contributed by atoms with Crippen molar-refractivity contribution >= 4 is 0 Å². The summed E-state index contributed by atoms with van der Waals surface area (Å²) in [6, 6.07) is 4.29. The summed E-state index contributed by atoms with van der Waals surface area (Å²) < 4.78 is 6.01. The van der Waals surface area contributed by atoms with Crippen molar-refractivity contribution in [3.8, 4) is 5.75 Å². The molecule has 2 nitrogen and oxygen atoms in total. The van der Waals surface area contributed by atoms with Crippen LogP contribution < -0.4 is 10.1 Å². The average molecular weight is 218 g/mol.